The van der Waals surface area contributed by atoms with Crippen molar-refractivity contribution in [3.8, 4) is 17.2 Å². The van der Waals surface area contributed by atoms with Crippen LogP contribution in [0.25, 0.3) is 0 Å². The Kier molecular flexibility index (Phi) is 7.30. The van der Waals surface area contributed by atoms with E-state index in [1.807, 2.05) is 26.8 Å². The van der Waals surface area contributed by atoms with Crippen molar-refractivity contribution in [3.63, 3.8) is 0 Å². The lowest BCUT2D eigenvalue weighted by atomic mass is 10.1. The molecular weight excluding hydrogens is 435 g/mol. The van der Waals surface area contributed by atoms with Gasteiger partial charge in [-0.2, -0.15) is 0 Å². The fraction of sp³-hybridized carbons (Fsp3) is 0.333. The number of amides is 1. The van der Waals surface area contributed by atoms with Gasteiger partial charge in [0.2, 0.25) is 5.75 Å². The summed E-state index contributed by atoms with van der Waals surface area (Å²) in [4.78, 5) is 16.8. The molecule has 0 atom stereocenters. The van der Waals surface area contributed by atoms with E-state index in [-0.39, 0.29) is 5.91 Å². The summed E-state index contributed by atoms with van der Waals surface area (Å²) < 4.78 is 17.9. The largest absolute Gasteiger partial charge is 0.490 e. The molecule has 0 aliphatic heterocycles. The van der Waals surface area contributed by atoms with Gasteiger partial charge in [-0.15, -0.1) is 0 Å². The van der Waals surface area contributed by atoms with Crippen LogP contribution in [0.15, 0.2) is 30.5 Å². The molecule has 1 N–H and O–H groups in total. The number of halogens is 1. The maximum Gasteiger partial charge on any atom is 0.257 e. The Hall–Kier alpha value is -2.03. The lowest BCUT2D eigenvalue weighted by Crippen LogP contribution is -2.14. The van der Waals surface area contributed by atoms with Crippen LogP contribution in [0.1, 0.15) is 31.1 Å². The van der Waals surface area contributed by atoms with E-state index in [0.29, 0.717) is 48.5 Å². The van der Waals surface area contributed by atoms with Crippen LogP contribution in [0.3, 0.4) is 0 Å². The number of nitrogens with zero attached hydrogens (tertiary/aromatic N) is 1. The Morgan fingerprint density at radius 1 is 1.04 bits per heavy atom. The summed E-state index contributed by atoms with van der Waals surface area (Å²) in [5.74, 6) is 1.66. The van der Waals surface area contributed by atoms with Gasteiger partial charge in [0.25, 0.3) is 5.91 Å². The Labute approximate surface area is 161 Å². The zero-order valence-corrected chi connectivity index (χ0v) is 16.6. The van der Waals surface area contributed by atoms with Crippen LogP contribution in [0, 0.1) is 3.57 Å². The third-order valence-corrected chi connectivity index (χ3v) is 3.78. The minimum atomic E-state index is -0.293. The van der Waals surface area contributed by atoms with E-state index in [0.717, 1.165) is 3.57 Å². The van der Waals surface area contributed by atoms with Crippen molar-refractivity contribution in [1.29, 1.82) is 0 Å². The first-order valence-corrected chi connectivity index (χ1v) is 9.16. The zero-order valence-electron chi connectivity index (χ0n) is 14.5. The van der Waals surface area contributed by atoms with E-state index in [9.17, 15) is 4.79 Å². The van der Waals surface area contributed by atoms with Crippen LogP contribution in [-0.2, 0) is 0 Å². The molecule has 1 aromatic carbocycles. The topological polar surface area (TPSA) is 69.7 Å². The van der Waals surface area contributed by atoms with Crippen molar-refractivity contribution in [2.24, 2.45) is 0 Å². The summed E-state index contributed by atoms with van der Waals surface area (Å²) in [5.41, 5.74) is 0.413. The highest BCUT2D eigenvalue weighted by molar-refractivity contribution is 14.1. The van der Waals surface area contributed by atoms with Crippen molar-refractivity contribution >= 4 is 34.3 Å². The Morgan fingerprint density at radius 3 is 2.12 bits per heavy atom. The Bertz CT molecular complexity index is 693. The number of rotatable bonds is 8. The molecule has 2 aromatic rings. The molecule has 0 fully saturated rings. The summed E-state index contributed by atoms with van der Waals surface area (Å²) >= 11 is 2.16. The Balaban J connectivity index is 2.34. The van der Waals surface area contributed by atoms with Crippen molar-refractivity contribution in [2.75, 3.05) is 25.1 Å². The SMILES string of the molecule is CCOc1cc(C(=O)Nc2ccc(I)cn2)cc(OCC)c1OCC. The van der Waals surface area contributed by atoms with Gasteiger partial charge in [0.1, 0.15) is 5.82 Å². The van der Waals surface area contributed by atoms with Gasteiger partial charge in [0.15, 0.2) is 11.5 Å². The van der Waals surface area contributed by atoms with E-state index in [4.69, 9.17) is 14.2 Å². The minimum absolute atomic E-state index is 0.293. The average molecular weight is 456 g/mol. The van der Waals surface area contributed by atoms with Gasteiger partial charge >= 0.3 is 0 Å². The molecule has 0 saturated heterocycles. The molecule has 7 heteroatoms. The molecule has 0 aliphatic carbocycles. The number of aromatic nitrogens is 1. The van der Waals surface area contributed by atoms with Crippen LogP contribution in [0.2, 0.25) is 0 Å². The minimum Gasteiger partial charge on any atom is -0.490 e. The fourth-order valence-electron chi connectivity index (χ4n) is 2.16. The molecule has 1 aromatic heterocycles. The molecule has 1 heterocycles. The van der Waals surface area contributed by atoms with Crippen LogP contribution in [0.5, 0.6) is 17.2 Å². The van der Waals surface area contributed by atoms with Crippen LogP contribution in [0.4, 0.5) is 5.82 Å². The highest BCUT2D eigenvalue weighted by Crippen LogP contribution is 2.39. The highest BCUT2D eigenvalue weighted by atomic mass is 127. The number of pyridine rings is 1. The predicted molar refractivity (Wildman–Crippen MR) is 105 cm³/mol. The number of hydrogen-bond donors (Lipinski definition) is 1. The number of nitrogens with one attached hydrogen (secondary N) is 1. The third-order valence-electron chi connectivity index (χ3n) is 3.14. The maximum absolute atomic E-state index is 12.6. The van der Waals surface area contributed by atoms with Gasteiger partial charge in [-0.1, -0.05) is 0 Å². The van der Waals surface area contributed by atoms with E-state index in [1.54, 1.807) is 24.4 Å². The number of anilines is 1. The van der Waals surface area contributed by atoms with Crippen molar-refractivity contribution in [1.82, 2.24) is 4.98 Å². The summed E-state index contributed by atoms with van der Waals surface area (Å²) in [6, 6.07) is 6.93. The number of carbonyl (C=O) groups is 1. The second-order valence-electron chi connectivity index (χ2n) is 4.92. The van der Waals surface area contributed by atoms with E-state index < -0.39 is 0 Å². The first kappa shape index (κ1) is 19.3. The van der Waals surface area contributed by atoms with Gasteiger partial charge in [0, 0.05) is 15.3 Å². The summed E-state index contributed by atoms with van der Waals surface area (Å²) in [5, 5.41) is 2.77. The molecule has 0 bridgehead atoms. The summed E-state index contributed by atoms with van der Waals surface area (Å²) in [6.07, 6.45) is 1.69. The lowest BCUT2D eigenvalue weighted by Gasteiger charge is -2.17. The molecule has 0 unspecified atom stereocenters. The number of benzene rings is 1. The second-order valence-corrected chi connectivity index (χ2v) is 6.16. The van der Waals surface area contributed by atoms with E-state index >= 15 is 0 Å². The fourth-order valence-corrected chi connectivity index (χ4v) is 2.48. The molecular formula is C18H21IN2O4. The predicted octanol–water partition coefficient (Wildman–Crippen LogP) is 4.13. The highest BCUT2D eigenvalue weighted by Gasteiger charge is 2.18. The molecule has 6 nitrogen and oxygen atoms in total. The Morgan fingerprint density at radius 2 is 1.64 bits per heavy atom. The van der Waals surface area contributed by atoms with Crippen molar-refractivity contribution in [3.05, 3.63) is 39.6 Å². The van der Waals surface area contributed by atoms with Crippen molar-refractivity contribution in [2.45, 2.75) is 20.8 Å². The normalized spacial score (nSPS) is 10.2. The molecule has 0 aliphatic rings. The van der Waals surface area contributed by atoms with Gasteiger partial charge in [-0.05, 0) is 67.6 Å². The average Bonchev–Trinajstić information content (AvgIpc) is 2.60. The van der Waals surface area contributed by atoms with Crippen LogP contribution >= 0.6 is 22.6 Å². The quantitative estimate of drug-likeness (QED) is 0.605. The van der Waals surface area contributed by atoms with E-state index in [1.165, 1.54) is 0 Å². The van der Waals surface area contributed by atoms with Gasteiger partial charge in [-0.3, -0.25) is 4.79 Å². The van der Waals surface area contributed by atoms with Crippen LogP contribution < -0.4 is 19.5 Å². The maximum atomic E-state index is 12.6. The smallest absolute Gasteiger partial charge is 0.257 e. The van der Waals surface area contributed by atoms with E-state index in [2.05, 4.69) is 32.9 Å². The number of ether oxygens (including phenoxy) is 3. The second kappa shape index (κ2) is 9.45. The molecule has 0 spiro atoms. The van der Waals surface area contributed by atoms with Gasteiger partial charge < -0.3 is 19.5 Å². The van der Waals surface area contributed by atoms with Gasteiger partial charge in [-0.25, -0.2) is 4.98 Å². The molecule has 2 rings (SSSR count). The first-order chi connectivity index (χ1) is 12.1. The number of carbonyl (C=O) groups excluding carboxylic acids is 1. The van der Waals surface area contributed by atoms with Crippen LogP contribution in [-0.4, -0.2) is 30.7 Å². The third kappa shape index (κ3) is 5.22. The lowest BCUT2D eigenvalue weighted by molar-refractivity contribution is 0.102. The van der Waals surface area contributed by atoms with Crippen molar-refractivity contribution < 1.29 is 19.0 Å². The summed E-state index contributed by atoms with van der Waals surface area (Å²) in [6.45, 7) is 7.01. The first-order valence-electron chi connectivity index (χ1n) is 8.08. The monoisotopic (exact) mass is 456 g/mol. The standard InChI is InChI=1S/C18H21IN2O4/c1-4-23-14-9-12(10-15(24-5-2)17(14)25-6-3)18(22)21-16-8-7-13(19)11-20-16/h7-11H,4-6H2,1-3H3,(H,20,21,22). The summed E-state index contributed by atoms with van der Waals surface area (Å²) in [7, 11) is 0. The number of hydrogen-bond acceptors (Lipinski definition) is 5. The molecule has 0 saturated carbocycles. The molecule has 1 amide bonds. The molecule has 0 radical (unpaired) electrons. The van der Waals surface area contributed by atoms with Gasteiger partial charge in [0.05, 0.1) is 19.8 Å². The molecule has 25 heavy (non-hydrogen) atoms. The molecule has 134 valence electrons. The zero-order chi connectivity index (χ0) is 18.2.